The van der Waals surface area contributed by atoms with E-state index in [4.69, 9.17) is 11.6 Å². The van der Waals surface area contributed by atoms with E-state index in [1.54, 1.807) is 34.9 Å². The Morgan fingerprint density at radius 1 is 1.19 bits per heavy atom. The minimum absolute atomic E-state index is 0.0173. The van der Waals surface area contributed by atoms with Gasteiger partial charge >= 0.3 is 4.87 Å². The Bertz CT molecular complexity index is 1310. The van der Waals surface area contributed by atoms with Crippen LogP contribution in [0.5, 0.6) is 0 Å². The van der Waals surface area contributed by atoms with Crippen LogP contribution in [0, 0.1) is 5.92 Å². The number of rotatable bonds is 6. The second kappa shape index (κ2) is 9.35. The Balaban J connectivity index is 1.38. The maximum atomic E-state index is 12.8. The van der Waals surface area contributed by atoms with Crippen LogP contribution < -0.4 is 10.2 Å². The zero-order valence-electron chi connectivity index (χ0n) is 17.6. The predicted octanol–water partition coefficient (Wildman–Crippen LogP) is 3.92. The molecule has 1 fully saturated rings. The second-order valence-corrected chi connectivity index (χ2v) is 11.2. The zero-order chi connectivity index (χ0) is 22.9. The van der Waals surface area contributed by atoms with E-state index in [2.05, 4.69) is 5.32 Å². The Morgan fingerprint density at radius 2 is 1.91 bits per heavy atom. The van der Waals surface area contributed by atoms with Gasteiger partial charge in [0.1, 0.15) is 0 Å². The highest BCUT2D eigenvalue weighted by molar-refractivity contribution is 7.88. The normalized spacial score (nSPS) is 15.8. The lowest BCUT2D eigenvalue weighted by Crippen LogP contribution is -2.41. The Kier molecular flexibility index (Phi) is 6.71. The lowest BCUT2D eigenvalue weighted by Gasteiger charge is -2.30. The molecule has 1 N–H and O–H groups in total. The summed E-state index contributed by atoms with van der Waals surface area (Å²) in [7, 11) is -3.51. The topological polar surface area (TPSA) is 88.5 Å². The number of carbonyl (C=O) groups is 1. The summed E-state index contributed by atoms with van der Waals surface area (Å²) in [6.07, 6.45) is 0.907. The van der Waals surface area contributed by atoms with Gasteiger partial charge in [-0.15, -0.1) is 0 Å². The largest absolute Gasteiger partial charge is 0.326 e. The Hall–Kier alpha value is -2.20. The molecule has 2 heterocycles. The van der Waals surface area contributed by atoms with Gasteiger partial charge in [-0.05, 0) is 49.6 Å². The Morgan fingerprint density at radius 3 is 2.59 bits per heavy atom. The fourth-order valence-electron chi connectivity index (χ4n) is 3.99. The third kappa shape index (κ3) is 4.76. The molecule has 0 spiro atoms. The third-order valence-corrected chi connectivity index (χ3v) is 8.90. The molecule has 0 saturated carbocycles. The number of hydrogen-bond donors (Lipinski definition) is 1. The van der Waals surface area contributed by atoms with Gasteiger partial charge in [0.2, 0.25) is 15.9 Å². The van der Waals surface area contributed by atoms with Crippen LogP contribution in [0.25, 0.3) is 10.2 Å². The molecule has 0 unspecified atom stereocenters. The average Bonchev–Trinajstić information content (AvgIpc) is 3.09. The van der Waals surface area contributed by atoms with E-state index < -0.39 is 10.0 Å². The number of nitrogens with one attached hydrogen (secondary N) is 1. The molecule has 4 rings (SSSR count). The fourth-order valence-corrected chi connectivity index (χ4v) is 6.86. The van der Waals surface area contributed by atoms with E-state index >= 15 is 0 Å². The van der Waals surface area contributed by atoms with E-state index in [0.717, 1.165) is 21.6 Å². The molecule has 1 saturated heterocycles. The average molecular weight is 494 g/mol. The summed E-state index contributed by atoms with van der Waals surface area (Å²) in [5.74, 6) is -0.546. The second-order valence-electron chi connectivity index (χ2n) is 7.80. The molecular weight excluding hydrogens is 470 g/mol. The number of amides is 1. The Labute approximate surface area is 195 Å². The fraction of sp³-hybridized carbons (Fsp3) is 0.364. The summed E-state index contributed by atoms with van der Waals surface area (Å²) < 4.78 is 29.6. The van der Waals surface area contributed by atoms with Gasteiger partial charge in [0.25, 0.3) is 0 Å². The van der Waals surface area contributed by atoms with Crippen molar-refractivity contribution < 1.29 is 13.2 Å². The molecule has 0 aliphatic carbocycles. The number of nitrogens with zero attached hydrogens (tertiary/aromatic N) is 2. The molecule has 0 atom stereocenters. The number of piperidine rings is 1. The molecule has 7 nitrogen and oxygen atoms in total. The number of carbonyl (C=O) groups excluding carboxylic acids is 1. The van der Waals surface area contributed by atoms with E-state index in [1.807, 2.05) is 19.1 Å². The lowest BCUT2D eigenvalue weighted by atomic mass is 9.97. The van der Waals surface area contributed by atoms with E-state index in [0.29, 0.717) is 48.7 Å². The molecule has 1 aliphatic heterocycles. The summed E-state index contributed by atoms with van der Waals surface area (Å²) in [5, 5.41) is 3.35. The molecule has 1 amide bonds. The quantitative estimate of drug-likeness (QED) is 0.563. The monoisotopic (exact) mass is 493 g/mol. The molecule has 10 heteroatoms. The summed E-state index contributed by atoms with van der Waals surface area (Å²) in [5.41, 5.74) is 2.07. The van der Waals surface area contributed by atoms with Crippen molar-refractivity contribution in [3.05, 3.63) is 62.7 Å². The number of thiazole rings is 1. The SMILES string of the molecule is CCn1c(=O)sc2cc(NC(=O)C3CCN(S(=O)(=O)Cc4ccccc4Cl)CC3)ccc21. The maximum absolute atomic E-state index is 12.8. The van der Waals surface area contributed by atoms with Gasteiger partial charge in [-0.2, -0.15) is 0 Å². The summed E-state index contributed by atoms with van der Waals surface area (Å²) >= 11 is 7.27. The smallest absolute Gasteiger partial charge is 0.308 e. The number of benzene rings is 2. The number of aryl methyl sites for hydroxylation is 1. The summed E-state index contributed by atoms with van der Waals surface area (Å²) in [6, 6.07) is 12.4. The molecule has 1 aliphatic rings. The number of aromatic nitrogens is 1. The van der Waals surface area contributed by atoms with Crippen molar-refractivity contribution >= 4 is 54.8 Å². The van der Waals surface area contributed by atoms with E-state index in [9.17, 15) is 18.0 Å². The van der Waals surface area contributed by atoms with Crippen molar-refractivity contribution in [1.82, 2.24) is 8.87 Å². The van der Waals surface area contributed by atoms with Gasteiger partial charge in [0.15, 0.2) is 0 Å². The van der Waals surface area contributed by atoms with Crippen molar-refractivity contribution in [1.29, 1.82) is 0 Å². The summed E-state index contributed by atoms with van der Waals surface area (Å²) in [4.78, 5) is 24.8. The maximum Gasteiger partial charge on any atom is 0.308 e. The first-order valence-corrected chi connectivity index (χ1v) is 13.2. The first kappa shape index (κ1) is 23.0. The minimum Gasteiger partial charge on any atom is -0.326 e. The molecule has 32 heavy (non-hydrogen) atoms. The van der Waals surface area contributed by atoms with Crippen LogP contribution in [0.4, 0.5) is 5.69 Å². The van der Waals surface area contributed by atoms with Crippen molar-refractivity contribution in [2.24, 2.45) is 5.92 Å². The van der Waals surface area contributed by atoms with Gasteiger partial charge in [0, 0.05) is 36.3 Å². The minimum atomic E-state index is -3.51. The van der Waals surface area contributed by atoms with Crippen LogP contribution in [0.3, 0.4) is 0 Å². The molecule has 1 aromatic heterocycles. The number of hydrogen-bond acceptors (Lipinski definition) is 5. The van der Waals surface area contributed by atoms with Gasteiger partial charge in [-0.3, -0.25) is 14.2 Å². The van der Waals surface area contributed by atoms with Crippen molar-refractivity contribution in [3.63, 3.8) is 0 Å². The molecule has 3 aromatic rings. The third-order valence-electron chi connectivity index (χ3n) is 5.77. The number of anilines is 1. The number of sulfonamides is 1. The molecule has 170 valence electrons. The molecule has 0 radical (unpaired) electrons. The van der Waals surface area contributed by atoms with Crippen LogP contribution in [0.15, 0.2) is 47.3 Å². The van der Waals surface area contributed by atoms with Gasteiger partial charge in [0.05, 0.1) is 16.0 Å². The molecule has 0 bridgehead atoms. The van der Waals surface area contributed by atoms with E-state index in [-0.39, 0.29) is 22.5 Å². The highest BCUT2D eigenvalue weighted by Crippen LogP contribution is 2.26. The first-order valence-electron chi connectivity index (χ1n) is 10.4. The standard InChI is InChI=1S/C22H24ClN3O4S2/c1-2-26-19-8-7-17(13-20(19)31-22(26)28)24-21(27)15-9-11-25(12-10-15)32(29,30)14-16-5-3-4-6-18(16)23/h3-8,13,15H,2,9-12,14H2,1H3,(H,24,27). The lowest BCUT2D eigenvalue weighted by molar-refractivity contribution is -0.120. The number of halogens is 1. The van der Waals surface area contributed by atoms with Crippen LogP contribution in [-0.4, -0.2) is 36.3 Å². The molecule has 2 aromatic carbocycles. The van der Waals surface area contributed by atoms with Gasteiger partial charge in [-0.1, -0.05) is 41.1 Å². The van der Waals surface area contributed by atoms with Crippen molar-refractivity contribution in [2.75, 3.05) is 18.4 Å². The first-order chi connectivity index (χ1) is 15.3. The van der Waals surface area contributed by atoms with Crippen molar-refractivity contribution in [2.45, 2.75) is 32.1 Å². The highest BCUT2D eigenvalue weighted by Gasteiger charge is 2.31. The van der Waals surface area contributed by atoms with Crippen LogP contribution in [0.1, 0.15) is 25.3 Å². The predicted molar refractivity (Wildman–Crippen MR) is 129 cm³/mol. The van der Waals surface area contributed by atoms with Crippen LogP contribution >= 0.6 is 22.9 Å². The van der Waals surface area contributed by atoms with Crippen LogP contribution in [0.2, 0.25) is 5.02 Å². The number of fused-ring (bicyclic) bond motifs is 1. The van der Waals surface area contributed by atoms with Gasteiger partial charge < -0.3 is 5.32 Å². The highest BCUT2D eigenvalue weighted by atomic mass is 35.5. The van der Waals surface area contributed by atoms with Gasteiger partial charge in [-0.25, -0.2) is 12.7 Å². The van der Waals surface area contributed by atoms with Crippen LogP contribution in [-0.2, 0) is 27.1 Å². The zero-order valence-corrected chi connectivity index (χ0v) is 20.0. The summed E-state index contributed by atoms with van der Waals surface area (Å²) in [6.45, 7) is 3.11. The van der Waals surface area contributed by atoms with E-state index in [1.165, 1.54) is 4.31 Å². The van der Waals surface area contributed by atoms with Crippen molar-refractivity contribution in [3.8, 4) is 0 Å². The molecular formula is C22H24ClN3O4S2.